The van der Waals surface area contributed by atoms with Gasteiger partial charge in [-0.05, 0) is 62.1 Å². The molecule has 0 spiro atoms. The van der Waals surface area contributed by atoms with Crippen LogP contribution in [0.2, 0.25) is 0 Å². The van der Waals surface area contributed by atoms with E-state index in [-0.39, 0.29) is 0 Å². The lowest BCUT2D eigenvalue weighted by molar-refractivity contribution is 0.114. The average Bonchev–Trinajstić information content (AvgIpc) is 2.95. The Morgan fingerprint density at radius 2 is 2.00 bits per heavy atom. The Balaban J connectivity index is 1.66. The van der Waals surface area contributed by atoms with Crippen molar-refractivity contribution in [2.75, 3.05) is 13.2 Å². The third-order valence-corrected chi connectivity index (χ3v) is 4.85. The van der Waals surface area contributed by atoms with E-state index in [1.165, 1.54) is 18.6 Å². The molecule has 1 aliphatic carbocycles. The first-order valence-corrected chi connectivity index (χ1v) is 8.57. The van der Waals surface area contributed by atoms with Crippen LogP contribution in [0.5, 0.6) is 0 Å². The molecule has 1 aliphatic heterocycles. The molecular formula is C16H29N3OS. The summed E-state index contributed by atoms with van der Waals surface area (Å²) in [4.78, 5) is 0. The summed E-state index contributed by atoms with van der Waals surface area (Å²) in [7, 11) is 0. The molecule has 0 aromatic rings. The average molecular weight is 311 g/mol. The zero-order valence-corrected chi connectivity index (χ0v) is 14.4. The number of nitrogens with zero attached hydrogens (tertiary/aromatic N) is 1. The van der Waals surface area contributed by atoms with Gasteiger partial charge in [0.2, 0.25) is 0 Å². The van der Waals surface area contributed by atoms with Gasteiger partial charge in [-0.25, -0.2) is 0 Å². The quantitative estimate of drug-likeness (QED) is 0.620. The summed E-state index contributed by atoms with van der Waals surface area (Å²) in [5.74, 6) is 0.807. The summed E-state index contributed by atoms with van der Waals surface area (Å²) in [5, 5.41) is 8.26. The van der Waals surface area contributed by atoms with Crippen molar-refractivity contribution < 1.29 is 4.74 Å². The molecule has 1 atom stereocenters. The second-order valence-electron chi connectivity index (χ2n) is 7.28. The summed E-state index contributed by atoms with van der Waals surface area (Å²) in [5.41, 5.74) is 4.64. The standard InChI is InChI=1S/C16H29N3OS/c1-16(2,3)12-6-8-13(9-7-12)18-19-15(21)17-11-14-5-4-10-20-14/h12,14H,4-11H2,1-3H3,(H2,17,19,21)/t12?,14-/m1/s1. The molecule has 0 radical (unpaired) electrons. The van der Waals surface area contributed by atoms with E-state index in [1.807, 2.05) is 0 Å². The van der Waals surface area contributed by atoms with Gasteiger partial charge < -0.3 is 10.1 Å². The summed E-state index contributed by atoms with van der Waals surface area (Å²) in [6.45, 7) is 8.67. The summed E-state index contributed by atoms with van der Waals surface area (Å²) >= 11 is 5.25. The van der Waals surface area contributed by atoms with Gasteiger partial charge in [0.15, 0.2) is 5.11 Å². The van der Waals surface area contributed by atoms with Crippen LogP contribution in [-0.4, -0.2) is 30.1 Å². The zero-order valence-electron chi connectivity index (χ0n) is 13.6. The number of rotatable bonds is 3. The van der Waals surface area contributed by atoms with Crippen molar-refractivity contribution in [1.29, 1.82) is 0 Å². The van der Waals surface area contributed by atoms with Crippen LogP contribution in [0, 0.1) is 11.3 Å². The minimum absolute atomic E-state index is 0.305. The van der Waals surface area contributed by atoms with Crippen molar-refractivity contribution in [1.82, 2.24) is 10.7 Å². The fraction of sp³-hybridized carbons (Fsp3) is 0.875. The Morgan fingerprint density at radius 1 is 1.29 bits per heavy atom. The third-order valence-electron chi connectivity index (χ3n) is 4.62. The highest BCUT2D eigenvalue weighted by molar-refractivity contribution is 7.80. The lowest BCUT2D eigenvalue weighted by Crippen LogP contribution is -2.38. The number of hydrogen-bond donors (Lipinski definition) is 2. The lowest BCUT2D eigenvalue weighted by atomic mass is 9.72. The van der Waals surface area contributed by atoms with E-state index in [0.717, 1.165) is 44.8 Å². The summed E-state index contributed by atoms with van der Waals surface area (Å²) in [6, 6.07) is 0. The Labute approximate surface area is 134 Å². The second-order valence-corrected chi connectivity index (χ2v) is 7.68. The normalized spacial score (nSPS) is 26.5. The van der Waals surface area contributed by atoms with Crippen molar-refractivity contribution in [3.63, 3.8) is 0 Å². The van der Waals surface area contributed by atoms with Crippen LogP contribution in [0.25, 0.3) is 0 Å². The van der Waals surface area contributed by atoms with Crippen LogP contribution >= 0.6 is 12.2 Å². The van der Waals surface area contributed by atoms with Crippen LogP contribution in [0.15, 0.2) is 5.10 Å². The molecule has 2 rings (SSSR count). The van der Waals surface area contributed by atoms with Crippen LogP contribution < -0.4 is 10.7 Å². The van der Waals surface area contributed by atoms with E-state index in [4.69, 9.17) is 17.0 Å². The maximum absolute atomic E-state index is 5.56. The number of hydrazone groups is 1. The smallest absolute Gasteiger partial charge is 0.187 e. The van der Waals surface area contributed by atoms with E-state index < -0.39 is 0 Å². The molecule has 2 N–H and O–H groups in total. The fourth-order valence-electron chi connectivity index (χ4n) is 3.11. The van der Waals surface area contributed by atoms with Gasteiger partial charge in [0, 0.05) is 18.9 Å². The highest BCUT2D eigenvalue weighted by atomic mass is 32.1. The summed E-state index contributed by atoms with van der Waals surface area (Å²) < 4.78 is 5.56. The van der Waals surface area contributed by atoms with Crippen molar-refractivity contribution in [2.45, 2.75) is 65.4 Å². The van der Waals surface area contributed by atoms with Crippen LogP contribution in [0.4, 0.5) is 0 Å². The summed E-state index contributed by atoms with van der Waals surface area (Å²) in [6.07, 6.45) is 7.23. The number of ether oxygens (including phenoxy) is 1. The zero-order chi connectivity index (χ0) is 15.3. The number of hydrogen-bond acceptors (Lipinski definition) is 3. The van der Waals surface area contributed by atoms with Gasteiger partial charge in [-0.3, -0.25) is 5.43 Å². The number of thiocarbonyl (C=S) groups is 1. The Bertz CT molecular complexity index is 373. The molecule has 0 amide bonds. The molecule has 0 aromatic heterocycles. The van der Waals surface area contributed by atoms with Crippen molar-refractivity contribution in [3.05, 3.63) is 0 Å². The minimum atomic E-state index is 0.305. The van der Waals surface area contributed by atoms with E-state index in [2.05, 4.69) is 36.6 Å². The van der Waals surface area contributed by atoms with E-state index >= 15 is 0 Å². The maximum atomic E-state index is 5.56. The van der Waals surface area contributed by atoms with Crippen molar-refractivity contribution in [2.24, 2.45) is 16.4 Å². The van der Waals surface area contributed by atoms with Crippen LogP contribution in [-0.2, 0) is 4.74 Å². The second kappa shape index (κ2) is 7.54. The predicted octanol–water partition coefficient (Wildman–Crippen LogP) is 3.22. The molecule has 0 bridgehead atoms. The molecule has 2 aliphatic rings. The molecule has 4 nitrogen and oxygen atoms in total. The van der Waals surface area contributed by atoms with Gasteiger partial charge in [-0.15, -0.1) is 0 Å². The first kappa shape index (κ1) is 16.7. The minimum Gasteiger partial charge on any atom is -0.376 e. The molecule has 5 heteroatoms. The largest absolute Gasteiger partial charge is 0.376 e. The van der Waals surface area contributed by atoms with Gasteiger partial charge in [-0.1, -0.05) is 20.8 Å². The molecular weight excluding hydrogens is 282 g/mol. The molecule has 120 valence electrons. The van der Waals surface area contributed by atoms with Crippen molar-refractivity contribution in [3.8, 4) is 0 Å². The topological polar surface area (TPSA) is 45.7 Å². The van der Waals surface area contributed by atoms with E-state index in [0.29, 0.717) is 16.6 Å². The highest BCUT2D eigenvalue weighted by Gasteiger charge is 2.28. The van der Waals surface area contributed by atoms with Gasteiger partial charge in [0.05, 0.1) is 6.10 Å². The third kappa shape index (κ3) is 5.55. The molecule has 0 unspecified atom stereocenters. The van der Waals surface area contributed by atoms with Crippen LogP contribution in [0.1, 0.15) is 59.3 Å². The van der Waals surface area contributed by atoms with E-state index in [9.17, 15) is 0 Å². The Kier molecular flexibility index (Phi) is 5.99. The maximum Gasteiger partial charge on any atom is 0.187 e. The molecule has 1 saturated heterocycles. The van der Waals surface area contributed by atoms with E-state index in [1.54, 1.807) is 0 Å². The fourth-order valence-corrected chi connectivity index (χ4v) is 3.24. The number of nitrogens with one attached hydrogen (secondary N) is 2. The molecule has 2 fully saturated rings. The molecule has 0 aromatic carbocycles. The first-order chi connectivity index (χ1) is 9.95. The lowest BCUT2D eigenvalue weighted by Gasteiger charge is -2.34. The highest BCUT2D eigenvalue weighted by Crippen LogP contribution is 2.36. The Hall–Kier alpha value is -0.680. The van der Waals surface area contributed by atoms with Gasteiger partial charge in [-0.2, -0.15) is 5.10 Å². The Morgan fingerprint density at radius 3 is 2.57 bits per heavy atom. The molecule has 1 saturated carbocycles. The monoisotopic (exact) mass is 311 g/mol. The molecule has 1 heterocycles. The first-order valence-electron chi connectivity index (χ1n) is 8.16. The van der Waals surface area contributed by atoms with Crippen LogP contribution in [0.3, 0.4) is 0 Å². The SMILES string of the molecule is CC(C)(C)C1CCC(=NNC(=S)NC[C@H]2CCCO2)CC1. The van der Waals surface area contributed by atoms with Crippen molar-refractivity contribution >= 4 is 23.0 Å². The van der Waals surface area contributed by atoms with Gasteiger partial charge >= 0.3 is 0 Å². The predicted molar refractivity (Wildman–Crippen MR) is 91.6 cm³/mol. The molecule has 21 heavy (non-hydrogen) atoms. The van der Waals surface area contributed by atoms with Gasteiger partial charge in [0.25, 0.3) is 0 Å². The van der Waals surface area contributed by atoms with Gasteiger partial charge in [0.1, 0.15) is 0 Å².